The van der Waals surface area contributed by atoms with Gasteiger partial charge in [-0.15, -0.1) is 0 Å². The molecule has 0 aliphatic rings. The van der Waals surface area contributed by atoms with Crippen LogP contribution < -0.4 is 0 Å². The molecule has 0 unspecified atom stereocenters. The number of rotatable bonds is 6. The Morgan fingerprint density at radius 1 is 1.31 bits per heavy atom. The van der Waals surface area contributed by atoms with Crippen molar-refractivity contribution < 1.29 is 22.5 Å². The minimum Gasteiger partial charge on any atom is -0.286 e. The minimum atomic E-state index is -3.80. The van der Waals surface area contributed by atoms with Gasteiger partial charge in [-0.05, 0) is 6.42 Å². The average Bonchev–Trinajstić information content (AvgIpc) is 1.97. The highest BCUT2D eigenvalue weighted by Gasteiger charge is 2.14. The largest absolute Gasteiger partial charge is 0.286 e. The van der Waals surface area contributed by atoms with E-state index in [1.165, 1.54) is 0 Å². The average molecular weight is 212 g/mol. The fraction of sp³-hybridized carbons (Fsp3) is 1.00. The maximum Gasteiger partial charge on any atom is 0.264 e. The van der Waals surface area contributed by atoms with Gasteiger partial charge in [-0.1, -0.05) is 0 Å². The van der Waals surface area contributed by atoms with E-state index in [2.05, 4.69) is 0 Å². The van der Waals surface area contributed by atoms with Gasteiger partial charge < -0.3 is 0 Å². The summed E-state index contributed by atoms with van der Waals surface area (Å²) in [5.74, 6) is -0.170. The minimum absolute atomic E-state index is 0.170. The van der Waals surface area contributed by atoms with Gasteiger partial charge in [0.05, 0.1) is 27.0 Å². The first kappa shape index (κ1) is 12.8. The van der Waals surface area contributed by atoms with Gasteiger partial charge in [-0.2, -0.15) is 13.1 Å². The van der Waals surface area contributed by atoms with E-state index in [0.29, 0.717) is 17.5 Å². The van der Waals surface area contributed by atoms with Gasteiger partial charge in [0, 0.05) is 6.42 Å². The van der Waals surface area contributed by atoms with Crippen LogP contribution in [0.15, 0.2) is 0 Å². The zero-order valence-corrected chi connectivity index (χ0v) is 9.17. The van der Waals surface area contributed by atoms with Crippen LogP contribution in [0.2, 0.25) is 0 Å². The summed E-state index contributed by atoms with van der Waals surface area (Å²) in [6, 6.07) is 0. The molecule has 0 aromatic heterocycles. The summed E-state index contributed by atoms with van der Waals surface area (Å²) in [5, 5.41) is 0. The normalized spacial score (nSPS) is 13.2. The van der Waals surface area contributed by atoms with Crippen LogP contribution in [0.3, 0.4) is 0 Å². The van der Waals surface area contributed by atoms with Gasteiger partial charge in [-0.3, -0.25) is 4.55 Å². The molecule has 80 valence electrons. The second-order valence-corrected chi connectivity index (χ2v) is 5.05. The molecule has 5 nitrogen and oxygen atoms in total. The van der Waals surface area contributed by atoms with E-state index in [1.54, 1.807) is 7.11 Å². The molecule has 6 heteroatoms. The van der Waals surface area contributed by atoms with Crippen molar-refractivity contribution in [2.75, 3.05) is 33.5 Å². The van der Waals surface area contributed by atoms with E-state index in [4.69, 9.17) is 9.39 Å². The Hall–Kier alpha value is -0.170. The van der Waals surface area contributed by atoms with Gasteiger partial charge in [-0.25, -0.2) is 4.84 Å². The van der Waals surface area contributed by atoms with E-state index in [1.807, 2.05) is 14.1 Å². The van der Waals surface area contributed by atoms with E-state index in [0.717, 1.165) is 6.54 Å². The van der Waals surface area contributed by atoms with Crippen LogP contribution in [0.4, 0.5) is 0 Å². The van der Waals surface area contributed by atoms with Crippen LogP contribution in [0.1, 0.15) is 12.8 Å². The first-order chi connectivity index (χ1) is 5.77. The molecule has 0 aromatic rings. The molecule has 0 aliphatic carbocycles. The number of hydrogen-bond donors (Lipinski definition) is 1. The standard InChI is InChI=1S/C7H17NO4S/c1-8(2,12-3)6-4-5-7-13(9,10)11/h4-7H2,1-3H3/p+1. The third-order valence-corrected chi connectivity index (χ3v) is 2.65. The van der Waals surface area contributed by atoms with E-state index in [9.17, 15) is 8.42 Å². The molecular weight excluding hydrogens is 194 g/mol. The number of quaternary nitrogens is 1. The summed E-state index contributed by atoms with van der Waals surface area (Å²) >= 11 is 0. The molecular formula is C7H18NO4S+. The molecule has 1 N–H and O–H groups in total. The molecule has 0 bridgehead atoms. The fourth-order valence-electron chi connectivity index (χ4n) is 0.868. The smallest absolute Gasteiger partial charge is 0.264 e. The summed E-state index contributed by atoms with van der Waals surface area (Å²) in [4.78, 5) is 5.10. The van der Waals surface area contributed by atoms with Crippen molar-refractivity contribution in [2.24, 2.45) is 0 Å². The van der Waals surface area contributed by atoms with Gasteiger partial charge in [0.25, 0.3) is 10.1 Å². The number of hydroxylamine groups is 3. The Balaban J connectivity index is 3.58. The van der Waals surface area contributed by atoms with Crippen molar-refractivity contribution in [3.63, 3.8) is 0 Å². The first-order valence-corrected chi connectivity index (χ1v) is 5.72. The lowest BCUT2D eigenvalue weighted by atomic mass is 10.3. The zero-order chi connectivity index (χ0) is 10.5. The predicted octanol–water partition coefficient (Wildman–Crippen LogP) is 0.292. The van der Waals surface area contributed by atoms with Gasteiger partial charge in [0.15, 0.2) is 0 Å². The second kappa shape index (κ2) is 4.90. The molecule has 0 atom stereocenters. The molecule has 0 aromatic carbocycles. The Labute approximate surface area is 79.6 Å². The summed E-state index contributed by atoms with van der Waals surface area (Å²) in [5.41, 5.74) is 0. The maximum absolute atomic E-state index is 10.3. The molecule has 0 spiro atoms. The van der Waals surface area contributed by atoms with Crippen LogP contribution in [0.25, 0.3) is 0 Å². The highest BCUT2D eigenvalue weighted by Crippen LogP contribution is 2.02. The van der Waals surface area contributed by atoms with Crippen LogP contribution >= 0.6 is 0 Å². The summed E-state index contributed by atoms with van der Waals surface area (Å²) in [6.07, 6.45) is 1.17. The quantitative estimate of drug-likeness (QED) is 0.297. The molecule has 0 saturated carbocycles. The third kappa shape index (κ3) is 8.17. The molecule has 0 amide bonds. The van der Waals surface area contributed by atoms with Gasteiger partial charge in [0.2, 0.25) is 0 Å². The summed E-state index contributed by atoms with van der Waals surface area (Å²) < 4.78 is 29.5. The molecule has 0 heterocycles. The first-order valence-electron chi connectivity index (χ1n) is 4.11. The van der Waals surface area contributed by atoms with E-state index >= 15 is 0 Å². The van der Waals surface area contributed by atoms with Crippen molar-refractivity contribution in [1.82, 2.24) is 0 Å². The number of unbranched alkanes of at least 4 members (excludes halogenated alkanes) is 1. The number of nitrogens with zero attached hydrogens (tertiary/aromatic N) is 1. The van der Waals surface area contributed by atoms with Crippen molar-refractivity contribution in [3.8, 4) is 0 Å². The van der Waals surface area contributed by atoms with E-state index < -0.39 is 10.1 Å². The van der Waals surface area contributed by atoms with Crippen LogP contribution in [0.5, 0.6) is 0 Å². The Morgan fingerprint density at radius 2 is 1.85 bits per heavy atom. The molecule has 0 rings (SSSR count). The monoisotopic (exact) mass is 212 g/mol. The predicted molar refractivity (Wildman–Crippen MR) is 49.6 cm³/mol. The lowest BCUT2D eigenvalue weighted by Crippen LogP contribution is -2.39. The van der Waals surface area contributed by atoms with Crippen LogP contribution in [-0.2, 0) is 15.0 Å². The third-order valence-electron chi connectivity index (χ3n) is 1.84. The Morgan fingerprint density at radius 3 is 2.23 bits per heavy atom. The second-order valence-electron chi connectivity index (χ2n) is 3.47. The summed E-state index contributed by atoms with van der Waals surface area (Å²) in [6.45, 7) is 0.728. The molecule has 0 saturated heterocycles. The van der Waals surface area contributed by atoms with Gasteiger partial charge in [0.1, 0.15) is 6.54 Å². The van der Waals surface area contributed by atoms with Crippen molar-refractivity contribution in [2.45, 2.75) is 12.8 Å². The SMILES string of the molecule is CO[N+](C)(C)CCCCS(=O)(=O)O. The maximum atomic E-state index is 10.3. The molecule has 0 radical (unpaired) electrons. The summed E-state index contributed by atoms with van der Waals surface area (Å²) in [7, 11) is 1.57. The van der Waals surface area contributed by atoms with Crippen LogP contribution in [-0.4, -0.2) is 51.1 Å². The topological polar surface area (TPSA) is 63.6 Å². The lowest BCUT2D eigenvalue weighted by molar-refractivity contribution is -1.07. The van der Waals surface area contributed by atoms with Crippen molar-refractivity contribution in [1.29, 1.82) is 0 Å². The molecule has 0 aliphatic heterocycles. The van der Waals surface area contributed by atoms with Crippen LogP contribution in [0, 0.1) is 0 Å². The Bertz CT molecular complexity index is 235. The van der Waals surface area contributed by atoms with Gasteiger partial charge >= 0.3 is 0 Å². The number of hydrogen-bond acceptors (Lipinski definition) is 3. The highest BCUT2D eigenvalue weighted by atomic mass is 32.2. The van der Waals surface area contributed by atoms with Crippen molar-refractivity contribution in [3.05, 3.63) is 0 Å². The Kier molecular flexibility index (Phi) is 4.83. The van der Waals surface area contributed by atoms with Crippen molar-refractivity contribution >= 4 is 10.1 Å². The highest BCUT2D eigenvalue weighted by molar-refractivity contribution is 7.85. The van der Waals surface area contributed by atoms with E-state index in [-0.39, 0.29) is 5.75 Å². The zero-order valence-electron chi connectivity index (χ0n) is 8.36. The fourth-order valence-corrected chi connectivity index (χ4v) is 1.44. The lowest BCUT2D eigenvalue weighted by Gasteiger charge is -2.24. The molecule has 0 fully saturated rings. The molecule has 13 heavy (non-hydrogen) atoms.